The molecular formula is C21H28ClN7O2. The van der Waals surface area contributed by atoms with E-state index >= 15 is 0 Å². The molecule has 166 valence electrons. The number of amides is 1. The highest BCUT2D eigenvalue weighted by atomic mass is 35.5. The number of aromatic nitrogens is 2. The van der Waals surface area contributed by atoms with E-state index in [1.807, 2.05) is 17.0 Å². The van der Waals surface area contributed by atoms with Crippen LogP contribution in [0.1, 0.15) is 36.4 Å². The van der Waals surface area contributed by atoms with Crippen molar-refractivity contribution in [2.45, 2.75) is 25.3 Å². The lowest BCUT2D eigenvalue weighted by atomic mass is 10.1. The van der Waals surface area contributed by atoms with Gasteiger partial charge in [0.25, 0.3) is 0 Å². The maximum atomic E-state index is 12.5. The fourth-order valence-corrected chi connectivity index (χ4v) is 3.25. The molecule has 0 aliphatic rings. The first kappa shape index (κ1) is 24.3. The van der Waals surface area contributed by atoms with Gasteiger partial charge in [-0.2, -0.15) is 5.26 Å². The van der Waals surface area contributed by atoms with E-state index < -0.39 is 0 Å². The topological polar surface area (TPSA) is 143 Å². The van der Waals surface area contributed by atoms with Crippen LogP contribution in [-0.2, 0) is 9.53 Å². The maximum Gasteiger partial charge on any atom is 0.220 e. The van der Waals surface area contributed by atoms with Crippen molar-refractivity contribution < 1.29 is 9.53 Å². The van der Waals surface area contributed by atoms with E-state index in [9.17, 15) is 10.1 Å². The molecule has 9 nitrogen and oxygen atoms in total. The molecule has 0 bridgehead atoms. The van der Waals surface area contributed by atoms with Gasteiger partial charge in [0.15, 0.2) is 5.82 Å². The predicted octanol–water partition coefficient (Wildman–Crippen LogP) is 2.02. The second-order valence-electron chi connectivity index (χ2n) is 6.93. The molecule has 0 radical (unpaired) electrons. The van der Waals surface area contributed by atoms with Gasteiger partial charge in [-0.05, 0) is 37.1 Å². The number of methoxy groups -OCH3 is 1. The van der Waals surface area contributed by atoms with Gasteiger partial charge in [-0.25, -0.2) is 9.97 Å². The molecule has 0 spiro atoms. The van der Waals surface area contributed by atoms with E-state index in [-0.39, 0.29) is 23.3 Å². The van der Waals surface area contributed by atoms with Gasteiger partial charge in [0, 0.05) is 31.6 Å². The van der Waals surface area contributed by atoms with Crippen LogP contribution in [0.2, 0.25) is 5.02 Å². The van der Waals surface area contributed by atoms with Crippen molar-refractivity contribution in [3.05, 3.63) is 46.7 Å². The summed E-state index contributed by atoms with van der Waals surface area (Å²) in [5, 5.41) is 13.0. The first-order chi connectivity index (χ1) is 15.0. The number of anilines is 2. The number of hydrogen-bond acceptors (Lipinski definition) is 8. The summed E-state index contributed by atoms with van der Waals surface area (Å²) in [6.07, 6.45) is 2.91. The number of nitrogens with one attached hydrogen (secondary N) is 1. The lowest BCUT2D eigenvalue weighted by molar-refractivity contribution is -0.122. The van der Waals surface area contributed by atoms with Gasteiger partial charge in [-0.15, -0.1) is 0 Å². The molecule has 2 rings (SSSR count). The summed E-state index contributed by atoms with van der Waals surface area (Å²) in [6, 6.07) is 9.08. The van der Waals surface area contributed by atoms with Gasteiger partial charge in [0.1, 0.15) is 23.8 Å². The number of benzene rings is 1. The Morgan fingerprint density at radius 3 is 2.65 bits per heavy atom. The minimum atomic E-state index is -0.269. The predicted molar refractivity (Wildman–Crippen MR) is 120 cm³/mol. The number of halogens is 1. The molecule has 0 saturated heterocycles. The van der Waals surface area contributed by atoms with E-state index in [0.717, 1.165) is 5.56 Å². The van der Waals surface area contributed by atoms with Crippen molar-refractivity contribution in [3.63, 3.8) is 0 Å². The number of nitriles is 1. The number of rotatable bonds is 12. The SMILES string of the molecule is COC[C@H](NC(=O)CCCN(CCCN)c1ncnc(N)c1C#N)c1ccc(Cl)cc1. The zero-order chi connectivity index (χ0) is 22.6. The van der Waals surface area contributed by atoms with E-state index in [2.05, 4.69) is 21.4 Å². The third-order valence-electron chi connectivity index (χ3n) is 4.67. The van der Waals surface area contributed by atoms with Gasteiger partial charge >= 0.3 is 0 Å². The summed E-state index contributed by atoms with van der Waals surface area (Å²) in [7, 11) is 1.59. The highest BCUT2D eigenvalue weighted by Gasteiger charge is 2.18. The van der Waals surface area contributed by atoms with Crippen LogP contribution in [0, 0.1) is 11.3 Å². The zero-order valence-electron chi connectivity index (χ0n) is 17.6. The van der Waals surface area contributed by atoms with E-state index in [4.69, 9.17) is 27.8 Å². The molecule has 1 atom stereocenters. The van der Waals surface area contributed by atoms with Crippen LogP contribution >= 0.6 is 11.6 Å². The van der Waals surface area contributed by atoms with Crippen LogP contribution in [0.5, 0.6) is 0 Å². The maximum absolute atomic E-state index is 12.5. The molecule has 10 heteroatoms. The highest BCUT2D eigenvalue weighted by Crippen LogP contribution is 2.21. The lowest BCUT2D eigenvalue weighted by Crippen LogP contribution is -2.33. The van der Waals surface area contributed by atoms with E-state index in [1.165, 1.54) is 6.33 Å². The molecule has 0 aliphatic carbocycles. The molecule has 1 aromatic carbocycles. The number of nitrogen functional groups attached to an aromatic ring is 1. The summed E-state index contributed by atoms with van der Waals surface area (Å²) < 4.78 is 5.25. The molecule has 0 aliphatic heterocycles. The van der Waals surface area contributed by atoms with E-state index in [0.29, 0.717) is 56.3 Å². The molecule has 0 fully saturated rings. The van der Waals surface area contributed by atoms with Crippen LogP contribution in [0.3, 0.4) is 0 Å². The Hall–Kier alpha value is -2.93. The molecule has 1 heterocycles. The fourth-order valence-electron chi connectivity index (χ4n) is 3.12. The number of nitrogens with two attached hydrogens (primary N) is 2. The number of carbonyl (C=O) groups excluding carboxylic acids is 1. The quantitative estimate of drug-likeness (QED) is 0.450. The first-order valence-electron chi connectivity index (χ1n) is 9.99. The van der Waals surface area contributed by atoms with Gasteiger partial charge in [0.2, 0.25) is 5.91 Å². The van der Waals surface area contributed by atoms with Gasteiger partial charge in [-0.3, -0.25) is 4.79 Å². The summed E-state index contributed by atoms with van der Waals surface area (Å²) in [4.78, 5) is 22.6. The number of carbonyl (C=O) groups is 1. The average Bonchev–Trinajstić information content (AvgIpc) is 2.76. The second kappa shape index (κ2) is 12.7. The summed E-state index contributed by atoms with van der Waals surface area (Å²) in [5.74, 6) is 0.495. The van der Waals surface area contributed by atoms with Crippen molar-refractivity contribution in [1.29, 1.82) is 5.26 Å². The van der Waals surface area contributed by atoms with Crippen LogP contribution < -0.4 is 21.7 Å². The molecule has 0 saturated carbocycles. The van der Waals surface area contributed by atoms with Crippen LogP contribution in [-0.4, -0.2) is 49.2 Å². The Balaban J connectivity index is 1.99. The molecular weight excluding hydrogens is 418 g/mol. The highest BCUT2D eigenvalue weighted by molar-refractivity contribution is 6.30. The van der Waals surface area contributed by atoms with Crippen molar-refractivity contribution in [2.75, 3.05) is 44.0 Å². The molecule has 1 aromatic heterocycles. The third-order valence-corrected chi connectivity index (χ3v) is 4.92. The Morgan fingerprint density at radius 1 is 1.29 bits per heavy atom. The van der Waals surface area contributed by atoms with Gasteiger partial charge in [0.05, 0.1) is 12.6 Å². The Kier molecular flexibility index (Phi) is 9.97. The number of nitrogens with zero attached hydrogens (tertiary/aromatic N) is 4. The lowest BCUT2D eigenvalue weighted by Gasteiger charge is -2.25. The first-order valence-corrected chi connectivity index (χ1v) is 10.4. The zero-order valence-corrected chi connectivity index (χ0v) is 18.3. The third kappa shape index (κ3) is 7.36. The van der Waals surface area contributed by atoms with Gasteiger partial charge in [-0.1, -0.05) is 23.7 Å². The second-order valence-corrected chi connectivity index (χ2v) is 7.37. The minimum Gasteiger partial charge on any atom is -0.382 e. The molecule has 2 aromatic rings. The van der Waals surface area contributed by atoms with Crippen LogP contribution in [0.25, 0.3) is 0 Å². The van der Waals surface area contributed by atoms with Crippen molar-refractivity contribution in [2.24, 2.45) is 5.73 Å². The average molecular weight is 446 g/mol. The normalized spacial score (nSPS) is 11.5. The Labute approximate surface area is 187 Å². The van der Waals surface area contributed by atoms with Crippen molar-refractivity contribution in [1.82, 2.24) is 15.3 Å². The molecule has 31 heavy (non-hydrogen) atoms. The summed E-state index contributed by atoms with van der Waals surface area (Å²) in [6.45, 7) is 1.97. The fraction of sp³-hybridized carbons (Fsp3) is 0.429. The minimum absolute atomic E-state index is 0.0986. The number of ether oxygens (including phenoxy) is 1. The van der Waals surface area contributed by atoms with Crippen LogP contribution in [0.15, 0.2) is 30.6 Å². The van der Waals surface area contributed by atoms with Gasteiger partial charge < -0.3 is 26.4 Å². The standard InChI is InChI=1S/C21H28ClN7O2/c1-31-13-18(15-5-7-16(22)8-6-15)28-19(30)4-2-10-29(11-3-9-23)21-17(12-24)20(25)26-14-27-21/h5-8,14,18H,2-4,9-11,13,23H2,1H3,(H,28,30)(H2,25,26,27)/t18-/m0/s1. The number of hydrogen-bond donors (Lipinski definition) is 3. The smallest absolute Gasteiger partial charge is 0.220 e. The Morgan fingerprint density at radius 2 is 2.00 bits per heavy atom. The van der Waals surface area contributed by atoms with E-state index in [1.54, 1.807) is 19.2 Å². The van der Waals surface area contributed by atoms with Crippen LogP contribution in [0.4, 0.5) is 11.6 Å². The van der Waals surface area contributed by atoms with Crippen molar-refractivity contribution >= 4 is 29.1 Å². The van der Waals surface area contributed by atoms with Crippen molar-refractivity contribution in [3.8, 4) is 6.07 Å². The molecule has 5 N–H and O–H groups in total. The monoisotopic (exact) mass is 445 g/mol. The summed E-state index contributed by atoms with van der Waals surface area (Å²) >= 11 is 5.95. The largest absolute Gasteiger partial charge is 0.382 e. The molecule has 0 unspecified atom stereocenters. The molecule has 1 amide bonds. The summed E-state index contributed by atoms with van der Waals surface area (Å²) in [5.41, 5.74) is 12.6. The Bertz CT molecular complexity index is 886.